The Bertz CT molecular complexity index is 458. The first kappa shape index (κ1) is 13.7. The van der Waals surface area contributed by atoms with Gasteiger partial charge in [-0.05, 0) is 37.6 Å². The second kappa shape index (κ2) is 6.02. The lowest BCUT2D eigenvalue weighted by Gasteiger charge is -2.33. The quantitative estimate of drug-likeness (QED) is 0.917. The molecule has 0 spiro atoms. The molecule has 2 N–H and O–H groups in total. The minimum absolute atomic E-state index is 0.258. The van der Waals surface area contributed by atoms with Crippen LogP contribution in [0.15, 0.2) is 18.2 Å². The summed E-state index contributed by atoms with van der Waals surface area (Å²) in [4.78, 5) is 2.44. The minimum atomic E-state index is 0.258. The highest BCUT2D eigenvalue weighted by atomic mass is 16.6. The molecule has 1 aromatic rings. The number of ether oxygens (including phenoxy) is 2. The number of hydrogen-bond donors (Lipinski definition) is 1. The van der Waals surface area contributed by atoms with E-state index >= 15 is 0 Å². The van der Waals surface area contributed by atoms with Gasteiger partial charge in [0.2, 0.25) is 0 Å². The van der Waals surface area contributed by atoms with E-state index in [0.717, 1.165) is 11.5 Å². The van der Waals surface area contributed by atoms with Crippen LogP contribution in [0.4, 0.5) is 0 Å². The Hall–Kier alpha value is -1.26. The van der Waals surface area contributed by atoms with E-state index in [-0.39, 0.29) is 6.04 Å². The Morgan fingerprint density at radius 1 is 1.20 bits per heavy atom. The molecule has 4 nitrogen and oxygen atoms in total. The largest absolute Gasteiger partial charge is 0.486 e. The summed E-state index contributed by atoms with van der Waals surface area (Å²) in [6, 6.07) is 7.15. The molecular formula is C16H24N2O2. The van der Waals surface area contributed by atoms with Gasteiger partial charge in [0.15, 0.2) is 11.5 Å². The summed E-state index contributed by atoms with van der Waals surface area (Å²) in [5.74, 6) is 1.70. The molecule has 3 rings (SSSR count). The van der Waals surface area contributed by atoms with E-state index in [1.807, 2.05) is 6.07 Å². The Labute approximate surface area is 120 Å². The molecule has 0 saturated heterocycles. The molecule has 0 radical (unpaired) electrons. The number of benzene rings is 1. The predicted octanol–water partition coefficient (Wildman–Crippen LogP) is 2.33. The van der Waals surface area contributed by atoms with Crippen LogP contribution in [-0.4, -0.2) is 37.7 Å². The summed E-state index contributed by atoms with van der Waals surface area (Å²) < 4.78 is 11.3. The molecule has 0 bridgehead atoms. The average Bonchev–Trinajstić information content (AvgIpc) is 3.02. The first-order valence-electron chi connectivity index (χ1n) is 7.61. The normalized spacial score (nSPS) is 20.4. The van der Waals surface area contributed by atoms with Gasteiger partial charge in [0.1, 0.15) is 13.2 Å². The maximum Gasteiger partial charge on any atom is 0.161 e. The number of fused-ring (bicyclic) bond motifs is 1. The van der Waals surface area contributed by atoms with Crippen LogP contribution in [-0.2, 0) is 0 Å². The van der Waals surface area contributed by atoms with Crippen LogP contribution in [0, 0.1) is 0 Å². The SMILES string of the molecule is CN(C1CCCC1)C(CN)c1ccc2c(c1)OCCO2. The van der Waals surface area contributed by atoms with Crippen LogP contribution in [0.25, 0.3) is 0 Å². The van der Waals surface area contributed by atoms with Crippen LogP contribution in [0.1, 0.15) is 37.3 Å². The number of rotatable bonds is 4. The molecule has 1 aromatic carbocycles. The van der Waals surface area contributed by atoms with Gasteiger partial charge in [-0.1, -0.05) is 18.9 Å². The van der Waals surface area contributed by atoms with Crippen LogP contribution in [0.2, 0.25) is 0 Å². The molecule has 1 atom stereocenters. The monoisotopic (exact) mass is 276 g/mol. The number of likely N-dealkylation sites (N-methyl/N-ethyl adjacent to an activating group) is 1. The first-order chi connectivity index (χ1) is 9.79. The predicted molar refractivity (Wildman–Crippen MR) is 79.2 cm³/mol. The van der Waals surface area contributed by atoms with Gasteiger partial charge in [-0.25, -0.2) is 0 Å². The Morgan fingerprint density at radius 2 is 1.90 bits per heavy atom. The molecule has 1 heterocycles. The van der Waals surface area contributed by atoms with Crippen molar-refractivity contribution in [3.05, 3.63) is 23.8 Å². The maximum absolute atomic E-state index is 6.04. The maximum atomic E-state index is 6.04. The molecule has 4 heteroatoms. The van der Waals surface area contributed by atoms with E-state index in [1.165, 1.54) is 31.2 Å². The van der Waals surface area contributed by atoms with Crippen molar-refractivity contribution in [2.45, 2.75) is 37.8 Å². The molecular weight excluding hydrogens is 252 g/mol. The summed E-state index contributed by atoms with van der Waals surface area (Å²) >= 11 is 0. The first-order valence-corrected chi connectivity index (χ1v) is 7.61. The summed E-state index contributed by atoms with van der Waals surface area (Å²) in [5.41, 5.74) is 7.26. The number of nitrogens with zero attached hydrogens (tertiary/aromatic N) is 1. The van der Waals surface area contributed by atoms with Crippen molar-refractivity contribution in [3.8, 4) is 11.5 Å². The number of nitrogens with two attached hydrogens (primary N) is 1. The van der Waals surface area contributed by atoms with Crippen LogP contribution in [0.5, 0.6) is 11.5 Å². The molecule has 1 aliphatic heterocycles. The Balaban J connectivity index is 1.81. The van der Waals surface area contributed by atoms with E-state index in [9.17, 15) is 0 Å². The lowest BCUT2D eigenvalue weighted by atomic mass is 10.0. The Morgan fingerprint density at radius 3 is 2.60 bits per heavy atom. The smallest absolute Gasteiger partial charge is 0.161 e. The van der Waals surface area contributed by atoms with E-state index in [1.54, 1.807) is 0 Å². The summed E-state index contributed by atoms with van der Waals surface area (Å²) in [7, 11) is 2.20. The van der Waals surface area contributed by atoms with Crippen molar-refractivity contribution in [1.82, 2.24) is 4.90 Å². The molecule has 0 amide bonds. The summed E-state index contributed by atoms with van der Waals surface area (Å²) in [5, 5.41) is 0. The highest BCUT2D eigenvalue weighted by Gasteiger charge is 2.26. The van der Waals surface area contributed by atoms with E-state index in [0.29, 0.717) is 25.8 Å². The average molecular weight is 276 g/mol. The van der Waals surface area contributed by atoms with Crippen molar-refractivity contribution in [3.63, 3.8) is 0 Å². The summed E-state index contributed by atoms with van der Waals surface area (Å²) in [6.07, 6.45) is 5.26. The molecule has 110 valence electrons. The zero-order valence-corrected chi connectivity index (χ0v) is 12.2. The van der Waals surface area contributed by atoms with Crippen molar-refractivity contribution in [1.29, 1.82) is 0 Å². The van der Waals surface area contributed by atoms with Gasteiger partial charge in [0, 0.05) is 18.6 Å². The van der Waals surface area contributed by atoms with Crippen molar-refractivity contribution >= 4 is 0 Å². The van der Waals surface area contributed by atoms with Crippen LogP contribution >= 0.6 is 0 Å². The van der Waals surface area contributed by atoms with Gasteiger partial charge in [-0.15, -0.1) is 0 Å². The molecule has 1 saturated carbocycles. The lowest BCUT2D eigenvalue weighted by molar-refractivity contribution is 0.166. The van der Waals surface area contributed by atoms with Gasteiger partial charge >= 0.3 is 0 Å². The molecule has 20 heavy (non-hydrogen) atoms. The second-order valence-electron chi connectivity index (χ2n) is 5.76. The third kappa shape index (κ3) is 2.63. The molecule has 1 unspecified atom stereocenters. The lowest BCUT2D eigenvalue weighted by Crippen LogP contribution is -2.37. The summed E-state index contributed by atoms with van der Waals surface area (Å²) in [6.45, 7) is 1.89. The molecule has 0 aromatic heterocycles. The van der Waals surface area contributed by atoms with E-state index in [4.69, 9.17) is 15.2 Å². The molecule has 1 fully saturated rings. The molecule has 1 aliphatic carbocycles. The highest BCUT2D eigenvalue weighted by molar-refractivity contribution is 5.44. The van der Waals surface area contributed by atoms with Gasteiger partial charge < -0.3 is 15.2 Å². The topological polar surface area (TPSA) is 47.7 Å². The fraction of sp³-hybridized carbons (Fsp3) is 0.625. The third-order valence-electron chi connectivity index (χ3n) is 4.57. The van der Waals surface area contributed by atoms with Crippen LogP contribution < -0.4 is 15.2 Å². The molecule has 2 aliphatic rings. The fourth-order valence-electron chi connectivity index (χ4n) is 3.37. The standard InChI is InChI=1S/C16H24N2O2/c1-18(13-4-2-3-5-13)14(11-17)12-6-7-15-16(10-12)20-9-8-19-15/h6-7,10,13-14H,2-5,8-9,11,17H2,1H3. The van der Waals surface area contributed by atoms with E-state index < -0.39 is 0 Å². The van der Waals surface area contributed by atoms with E-state index in [2.05, 4.69) is 24.1 Å². The van der Waals surface area contributed by atoms with Gasteiger partial charge in [-0.2, -0.15) is 0 Å². The van der Waals surface area contributed by atoms with Gasteiger partial charge in [0.25, 0.3) is 0 Å². The highest BCUT2D eigenvalue weighted by Crippen LogP contribution is 2.35. The Kier molecular flexibility index (Phi) is 4.13. The zero-order valence-electron chi connectivity index (χ0n) is 12.2. The second-order valence-corrected chi connectivity index (χ2v) is 5.76. The third-order valence-corrected chi connectivity index (χ3v) is 4.57. The van der Waals surface area contributed by atoms with Gasteiger partial charge in [-0.3, -0.25) is 4.90 Å². The fourth-order valence-corrected chi connectivity index (χ4v) is 3.37. The number of hydrogen-bond acceptors (Lipinski definition) is 4. The van der Waals surface area contributed by atoms with Crippen molar-refractivity contribution < 1.29 is 9.47 Å². The van der Waals surface area contributed by atoms with Crippen molar-refractivity contribution in [2.75, 3.05) is 26.8 Å². The van der Waals surface area contributed by atoms with Crippen LogP contribution in [0.3, 0.4) is 0 Å². The zero-order chi connectivity index (χ0) is 13.9. The minimum Gasteiger partial charge on any atom is -0.486 e. The van der Waals surface area contributed by atoms with Crippen molar-refractivity contribution in [2.24, 2.45) is 5.73 Å². The van der Waals surface area contributed by atoms with Gasteiger partial charge in [0.05, 0.1) is 0 Å².